The summed E-state index contributed by atoms with van der Waals surface area (Å²) in [6, 6.07) is 4.16. The summed E-state index contributed by atoms with van der Waals surface area (Å²) in [5.74, 6) is 0.859. The van der Waals surface area contributed by atoms with Gasteiger partial charge in [-0.25, -0.2) is 0 Å². The molecule has 1 saturated heterocycles. The van der Waals surface area contributed by atoms with Crippen molar-refractivity contribution >= 4 is 0 Å². The van der Waals surface area contributed by atoms with Gasteiger partial charge in [0, 0.05) is 18.2 Å². The van der Waals surface area contributed by atoms with Crippen LogP contribution in [0.15, 0.2) is 18.3 Å². The monoisotopic (exact) mass is 159 g/mol. The van der Waals surface area contributed by atoms with E-state index in [1.807, 2.05) is 6.07 Å². The molecule has 2 aliphatic rings. The molecule has 0 spiro atoms. The van der Waals surface area contributed by atoms with Gasteiger partial charge in [0.2, 0.25) is 0 Å². The van der Waals surface area contributed by atoms with Gasteiger partial charge in [-0.3, -0.25) is 4.98 Å². The second kappa shape index (κ2) is 2.07. The lowest BCUT2D eigenvalue weighted by Gasteiger charge is -2.09. The van der Waals surface area contributed by atoms with Gasteiger partial charge in [0.25, 0.3) is 0 Å². The first kappa shape index (κ1) is 6.61. The second-order valence-corrected chi connectivity index (χ2v) is 3.85. The first-order valence-electron chi connectivity index (χ1n) is 4.46. The molecular weight excluding hydrogens is 148 g/mol. The van der Waals surface area contributed by atoms with Crippen molar-refractivity contribution < 1.29 is 0 Å². The van der Waals surface area contributed by atoms with Crippen molar-refractivity contribution in [2.75, 3.05) is 13.1 Å². The molecule has 2 heterocycles. The lowest BCUT2D eigenvalue weighted by Crippen LogP contribution is -2.19. The van der Waals surface area contributed by atoms with E-state index in [1.54, 1.807) is 6.20 Å². The number of piperidine rings is 1. The number of hydrogen-bond donors (Lipinski definition) is 1. The lowest BCUT2D eigenvalue weighted by molar-refractivity contribution is 0.672. The zero-order valence-electron chi connectivity index (χ0n) is 6.88. The van der Waals surface area contributed by atoms with E-state index in [9.17, 15) is 0 Å². The summed E-state index contributed by atoms with van der Waals surface area (Å²) in [6.45, 7) is 2.31. The Kier molecular flexibility index (Phi) is 1.14. The van der Waals surface area contributed by atoms with Gasteiger partial charge >= 0.3 is 0 Å². The van der Waals surface area contributed by atoms with Gasteiger partial charge in [0.1, 0.15) is 0 Å². The number of nitrogens with one attached hydrogen (secondary N) is 1. The third-order valence-corrected chi connectivity index (χ3v) is 3.21. The largest absolute Gasteiger partial charge is 0.316 e. The molecule has 2 heteroatoms. The molecule has 12 heavy (non-hydrogen) atoms. The maximum absolute atomic E-state index is 4.05. The molecule has 1 aliphatic heterocycles. The fourth-order valence-corrected chi connectivity index (χ4v) is 2.36. The topological polar surface area (TPSA) is 24.9 Å². The summed E-state index contributed by atoms with van der Waals surface area (Å²) >= 11 is 0. The molecule has 1 aliphatic carbocycles. The third-order valence-electron chi connectivity index (χ3n) is 3.21. The molecule has 0 bridgehead atoms. The Hall–Kier alpha value is -0.890. The quantitative estimate of drug-likeness (QED) is 0.654. The smallest absolute Gasteiger partial charge is 0.0927 e. The molecule has 1 aromatic heterocycles. The highest BCUT2D eigenvalue weighted by Gasteiger charge is 2.58. The highest BCUT2D eigenvalue weighted by molar-refractivity contribution is 5.34. The third kappa shape index (κ3) is 0.707. The summed E-state index contributed by atoms with van der Waals surface area (Å²) in [7, 11) is 0. The average molecular weight is 159 g/mol. The number of rotatable bonds is 1. The Balaban J connectivity index is 2.00. The molecule has 1 N–H and O–H groups in total. The van der Waals surface area contributed by atoms with Crippen molar-refractivity contribution in [1.29, 1.82) is 0 Å². The molecule has 2 atom stereocenters. The first-order valence-corrected chi connectivity index (χ1v) is 4.46. The van der Waals surface area contributed by atoms with Gasteiger partial charge < -0.3 is 5.32 Å². The molecule has 2 nitrogen and oxygen atoms in total. The van der Waals surface area contributed by atoms with Crippen molar-refractivity contribution in [2.24, 2.45) is 5.92 Å². The van der Waals surface area contributed by atoms with E-state index in [1.165, 1.54) is 18.5 Å². The predicted octanol–water partition coefficient (Wildman–Crippen LogP) is 0.743. The molecule has 1 saturated carbocycles. The highest BCUT2D eigenvalue weighted by atomic mass is 15.0. The minimum absolute atomic E-state index is 0.425. The van der Waals surface area contributed by atoms with Gasteiger partial charge in [-0.2, -0.15) is 0 Å². The van der Waals surface area contributed by atoms with Crippen LogP contribution in [0.2, 0.25) is 0 Å². The van der Waals surface area contributed by atoms with Crippen LogP contribution in [0.25, 0.3) is 0 Å². The van der Waals surface area contributed by atoms with Gasteiger partial charge in [0.05, 0.1) is 6.20 Å². The Morgan fingerprint density at radius 1 is 1.67 bits per heavy atom. The van der Waals surface area contributed by atoms with Crippen molar-refractivity contribution in [2.45, 2.75) is 11.8 Å². The van der Waals surface area contributed by atoms with Crippen molar-refractivity contribution in [3.8, 4) is 0 Å². The highest BCUT2D eigenvalue weighted by Crippen LogP contribution is 2.55. The van der Waals surface area contributed by atoms with Crippen LogP contribution in [0.4, 0.5) is 0 Å². The van der Waals surface area contributed by atoms with Crippen molar-refractivity contribution in [3.05, 3.63) is 30.1 Å². The molecule has 1 radical (unpaired) electrons. The Labute approximate surface area is 72.0 Å². The van der Waals surface area contributed by atoms with Crippen LogP contribution in [0.1, 0.15) is 12.0 Å². The molecule has 2 unspecified atom stereocenters. The van der Waals surface area contributed by atoms with E-state index in [4.69, 9.17) is 0 Å². The lowest BCUT2D eigenvalue weighted by atomic mass is 9.97. The van der Waals surface area contributed by atoms with Crippen LogP contribution in [0.3, 0.4) is 0 Å². The van der Waals surface area contributed by atoms with E-state index in [0.717, 1.165) is 12.5 Å². The van der Waals surface area contributed by atoms with E-state index >= 15 is 0 Å². The van der Waals surface area contributed by atoms with E-state index < -0.39 is 0 Å². The molecule has 0 amide bonds. The minimum atomic E-state index is 0.425. The zero-order valence-corrected chi connectivity index (χ0v) is 6.88. The maximum Gasteiger partial charge on any atom is 0.0927 e. The summed E-state index contributed by atoms with van der Waals surface area (Å²) in [5.41, 5.74) is 1.73. The van der Waals surface area contributed by atoms with E-state index in [-0.39, 0.29) is 0 Å². The molecule has 61 valence electrons. The van der Waals surface area contributed by atoms with Crippen LogP contribution < -0.4 is 5.32 Å². The van der Waals surface area contributed by atoms with Crippen molar-refractivity contribution in [3.63, 3.8) is 0 Å². The van der Waals surface area contributed by atoms with Gasteiger partial charge in [0.15, 0.2) is 0 Å². The van der Waals surface area contributed by atoms with Gasteiger partial charge in [-0.05, 0) is 30.5 Å². The minimum Gasteiger partial charge on any atom is -0.316 e. The number of aromatic nitrogens is 1. The average Bonchev–Trinajstić information content (AvgIpc) is 2.72. The van der Waals surface area contributed by atoms with Crippen LogP contribution >= 0.6 is 0 Å². The molecular formula is C10H11N2. The van der Waals surface area contributed by atoms with Crippen LogP contribution in [0, 0.1) is 12.1 Å². The maximum atomic E-state index is 4.05. The summed E-state index contributed by atoms with van der Waals surface area (Å²) in [5, 5.41) is 3.41. The molecule has 3 rings (SSSR count). The standard InChI is InChI=1S/C10H11N2/c1-2-8(5-11-3-1)10-4-9(10)6-12-7-10/h1-3,9,12H,4,6-7H2. The Morgan fingerprint density at radius 3 is 3.25 bits per heavy atom. The van der Waals surface area contributed by atoms with Gasteiger partial charge in [-0.1, -0.05) is 6.07 Å². The number of fused-ring (bicyclic) bond motifs is 1. The molecule has 0 aromatic carbocycles. The summed E-state index contributed by atoms with van der Waals surface area (Å²) in [4.78, 5) is 4.05. The summed E-state index contributed by atoms with van der Waals surface area (Å²) in [6.07, 6.45) is 6.23. The number of nitrogens with zero attached hydrogens (tertiary/aromatic N) is 1. The van der Waals surface area contributed by atoms with E-state index in [2.05, 4.69) is 22.6 Å². The fraction of sp³-hybridized carbons (Fsp3) is 0.500. The van der Waals surface area contributed by atoms with Crippen LogP contribution in [0.5, 0.6) is 0 Å². The second-order valence-electron chi connectivity index (χ2n) is 3.85. The van der Waals surface area contributed by atoms with Crippen LogP contribution in [-0.2, 0) is 5.41 Å². The number of pyridine rings is 1. The predicted molar refractivity (Wildman–Crippen MR) is 45.7 cm³/mol. The van der Waals surface area contributed by atoms with Crippen molar-refractivity contribution in [1.82, 2.24) is 10.3 Å². The Morgan fingerprint density at radius 2 is 2.67 bits per heavy atom. The Bertz CT molecular complexity index is 296. The van der Waals surface area contributed by atoms with Crippen LogP contribution in [-0.4, -0.2) is 18.1 Å². The summed E-state index contributed by atoms with van der Waals surface area (Å²) < 4.78 is 0. The fourth-order valence-electron chi connectivity index (χ4n) is 2.36. The van der Waals surface area contributed by atoms with Gasteiger partial charge in [-0.15, -0.1) is 0 Å². The first-order chi connectivity index (χ1) is 5.92. The zero-order chi connectivity index (χ0) is 8.02. The number of hydrogen-bond acceptors (Lipinski definition) is 2. The normalized spacial score (nSPS) is 37.8. The van der Waals surface area contributed by atoms with E-state index in [0.29, 0.717) is 5.41 Å². The molecule has 1 aromatic rings. The molecule has 2 fully saturated rings. The SMILES string of the molecule is [c]1ncccc1C12CNCC1C2.